The quantitative estimate of drug-likeness (QED) is 0.506. The van der Waals surface area contributed by atoms with Crippen LogP contribution in [0.3, 0.4) is 0 Å². The maximum absolute atomic E-state index is 12.3. The first-order chi connectivity index (χ1) is 13.5. The van der Waals surface area contributed by atoms with Gasteiger partial charge in [-0.05, 0) is 38.5 Å². The van der Waals surface area contributed by atoms with Crippen molar-refractivity contribution in [1.82, 2.24) is 15.3 Å². The third-order valence-electron chi connectivity index (χ3n) is 4.54. The minimum absolute atomic E-state index is 0.0542. The second-order valence-corrected chi connectivity index (χ2v) is 8.80. The number of amides is 1. The number of aryl methyl sites for hydroxylation is 3. The number of nitrogens with one attached hydrogen (secondary N) is 1. The molecule has 3 heterocycles. The molecule has 0 bridgehead atoms. The van der Waals surface area contributed by atoms with Gasteiger partial charge >= 0.3 is 0 Å². The summed E-state index contributed by atoms with van der Waals surface area (Å²) in [5.41, 5.74) is 1.19. The highest BCUT2D eigenvalue weighted by Crippen LogP contribution is 2.35. The van der Waals surface area contributed by atoms with E-state index in [1.807, 2.05) is 31.2 Å². The molecule has 0 saturated carbocycles. The van der Waals surface area contributed by atoms with E-state index >= 15 is 0 Å². The molecule has 0 aliphatic carbocycles. The lowest BCUT2D eigenvalue weighted by Gasteiger charge is -2.26. The van der Waals surface area contributed by atoms with Gasteiger partial charge in [0.05, 0.1) is 12.3 Å². The van der Waals surface area contributed by atoms with Crippen molar-refractivity contribution in [1.29, 1.82) is 0 Å². The van der Waals surface area contributed by atoms with Crippen molar-refractivity contribution < 1.29 is 14.3 Å². The van der Waals surface area contributed by atoms with E-state index in [1.54, 1.807) is 11.3 Å². The van der Waals surface area contributed by atoms with Crippen molar-refractivity contribution >= 4 is 39.2 Å². The number of fused-ring (bicyclic) bond motifs is 2. The minimum atomic E-state index is -0.196. The van der Waals surface area contributed by atoms with Gasteiger partial charge < -0.3 is 14.8 Å². The number of hydrogen-bond donors (Lipinski definition) is 1. The lowest BCUT2D eigenvalue weighted by atomic mass is 10.2. The van der Waals surface area contributed by atoms with E-state index in [0.29, 0.717) is 24.7 Å². The number of carbonyl (C=O) groups excluding carboxylic acids is 1. The summed E-state index contributed by atoms with van der Waals surface area (Å²) in [5.74, 6) is 2.42. The van der Waals surface area contributed by atoms with Crippen molar-refractivity contribution in [3.05, 3.63) is 40.5 Å². The van der Waals surface area contributed by atoms with Crippen LogP contribution < -0.4 is 14.8 Å². The molecule has 1 aromatic carbocycles. The van der Waals surface area contributed by atoms with Crippen LogP contribution in [0.15, 0.2) is 29.3 Å². The van der Waals surface area contributed by atoms with Crippen LogP contribution in [-0.4, -0.2) is 40.9 Å². The number of nitrogens with zero attached hydrogens (tertiary/aromatic N) is 2. The van der Waals surface area contributed by atoms with Gasteiger partial charge in [-0.25, -0.2) is 9.97 Å². The highest BCUT2D eigenvalue weighted by Gasteiger charge is 2.21. The third-order valence-corrected chi connectivity index (χ3v) is 6.62. The Hall–Kier alpha value is -2.32. The first-order valence-corrected chi connectivity index (χ1v) is 10.8. The molecule has 28 heavy (non-hydrogen) atoms. The number of aromatic nitrogens is 2. The Kier molecular flexibility index (Phi) is 5.41. The van der Waals surface area contributed by atoms with Crippen LogP contribution in [0.1, 0.15) is 16.3 Å². The normalized spacial score (nSPS) is 15.6. The predicted molar refractivity (Wildman–Crippen MR) is 112 cm³/mol. The van der Waals surface area contributed by atoms with Crippen molar-refractivity contribution in [2.45, 2.75) is 31.9 Å². The van der Waals surface area contributed by atoms with Gasteiger partial charge in [-0.2, -0.15) is 0 Å². The number of thiophene rings is 1. The molecule has 1 amide bonds. The van der Waals surface area contributed by atoms with Gasteiger partial charge in [0, 0.05) is 10.3 Å². The molecule has 146 valence electrons. The topological polar surface area (TPSA) is 73.3 Å². The van der Waals surface area contributed by atoms with E-state index in [-0.39, 0.29) is 12.0 Å². The Morgan fingerprint density at radius 1 is 1.25 bits per heavy atom. The van der Waals surface area contributed by atoms with E-state index in [2.05, 4.69) is 29.1 Å². The number of carbonyl (C=O) groups is 1. The van der Waals surface area contributed by atoms with Gasteiger partial charge in [0.1, 0.15) is 28.4 Å². The highest BCUT2D eigenvalue weighted by molar-refractivity contribution is 8.00. The van der Waals surface area contributed by atoms with Crippen molar-refractivity contribution in [3.63, 3.8) is 0 Å². The second-order valence-electron chi connectivity index (χ2n) is 6.63. The third kappa shape index (κ3) is 3.93. The fourth-order valence-electron chi connectivity index (χ4n) is 3.00. The first kappa shape index (κ1) is 19.0. The van der Waals surface area contributed by atoms with Gasteiger partial charge in [0.15, 0.2) is 11.5 Å². The summed E-state index contributed by atoms with van der Waals surface area (Å²) in [4.78, 5) is 23.6. The van der Waals surface area contributed by atoms with Gasteiger partial charge in [-0.15, -0.1) is 11.3 Å². The van der Waals surface area contributed by atoms with Gasteiger partial charge in [0.2, 0.25) is 5.91 Å². The maximum atomic E-state index is 12.3. The Bertz CT molecular complexity index is 1030. The zero-order valence-electron chi connectivity index (χ0n) is 15.9. The SMILES string of the molecule is Cc1nc(SCC(=O)NC[C@@H]2COc3ccccc3O2)c2c(C)c(C)sc2n1. The van der Waals surface area contributed by atoms with E-state index in [9.17, 15) is 4.79 Å². The van der Waals surface area contributed by atoms with Crippen LogP contribution in [0.4, 0.5) is 0 Å². The smallest absolute Gasteiger partial charge is 0.230 e. The van der Waals surface area contributed by atoms with Crippen molar-refractivity contribution in [2.24, 2.45) is 0 Å². The maximum Gasteiger partial charge on any atom is 0.230 e. The number of rotatable bonds is 5. The summed E-state index contributed by atoms with van der Waals surface area (Å²) in [6.45, 7) is 6.87. The Balaban J connectivity index is 1.35. The lowest BCUT2D eigenvalue weighted by Crippen LogP contribution is -2.41. The number of ether oxygens (including phenoxy) is 2. The molecular weight excluding hydrogens is 394 g/mol. The number of para-hydroxylation sites is 2. The molecule has 8 heteroatoms. The summed E-state index contributed by atoms with van der Waals surface area (Å²) in [6.07, 6.45) is -0.196. The van der Waals surface area contributed by atoms with Gasteiger partial charge in [-0.3, -0.25) is 4.79 Å². The average molecular weight is 416 g/mol. The van der Waals surface area contributed by atoms with Crippen LogP contribution in [0.25, 0.3) is 10.2 Å². The second kappa shape index (κ2) is 7.97. The van der Waals surface area contributed by atoms with Crippen LogP contribution in [0.2, 0.25) is 0 Å². The van der Waals surface area contributed by atoms with Gasteiger partial charge in [0.25, 0.3) is 0 Å². The number of benzene rings is 1. The average Bonchev–Trinajstić information content (AvgIpc) is 2.97. The fourth-order valence-corrected chi connectivity index (χ4v) is 5.10. The van der Waals surface area contributed by atoms with E-state index in [4.69, 9.17) is 9.47 Å². The fraction of sp³-hybridized carbons (Fsp3) is 0.350. The molecule has 0 saturated heterocycles. The molecule has 3 aromatic rings. The van der Waals surface area contributed by atoms with Crippen LogP contribution >= 0.6 is 23.1 Å². The molecule has 0 radical (unpaired) electrons. The summed E-state index contributed by atoms with van der Waals surface area (Å²) in [6, 6.07) is 7.55. The monoisotopic (exact) mass is 415 g/mol. The summed E-state index contributed by atoms with van der Waals surface area (Å²) < 4.78 is 11.5. The molecule has 1 N–H and O–H groups in total. The Labute approximate surface area is 171 Å². The largest absolute Gasteiger partial charge is 0.486 e. The molecule has 0 fully saturated rings. The van der Waals surface area contributed by atoms with Crippen LogP contribution in [0, 0.1) is 20.8 Å². The summed E-state index contributed by atoms with van der Waals surface area (Å²) in [5, 5.41) is 4.86. The molecule has 6 nitrogen and oxygen atoms in total. The minimum Gasteiger partial charge on any atom is -0.486 e. The molecule has 1 aliphatic rings. The first-order valence-electron chi connectivity index (χ1n) is 9.03. The van der Waals surface area contributed by atoms with Crippen LogP contribution in [0.5, 0.6) is 11.5 Å². The molecule has 4 rings (SSSR count). The molecule has 1 aliphatic heterocycles. The lowest BCUT2D eigenvalue weighted by molar-refractivity contribution is -0.119. The zero-order chi connectivity index (χ0) is 19.7. The highest BCUT2D eigenvalue weighted by atomic mass is 32.2. The Morgan fingerprint density at radius 2 is 2.04 bits per heavy atom. The van der Waals surface area contributed by atoms with E-state index in [1.165, 1.54) is 22.2 Å². The molecule has 2 aromatic heterocycles. The molecule has 0 spiro atoms. The predicted octanol–water partition coefficient (Wildman–Crippen LogP) is 3.66. The summed E-state index contributed by atoms with van der Waals surface area (Å²) >= 11 is 3.12. The van der Waals surface area contributed by atoms with E-state index < -0.39 is 0 Å². The van der Waals surface area contributed by atoms with Gasteiger partial charge in [-0.1, -0.05) is 23.9 Å². The van der Waals surface area contributed by atoms with Crippen LogP contribution in [-0.2, 0) is 4.79 Å². The number of hydrogen-bond acceptors (Lipinski definition) is 7. The molecular formula is C20H21N3O3S2. The molecule has 0 unspecified atom stereocenters. The Morgan fingerprint density at radius 3 is 2.86 bits per heavy atom. The zero-order valence-corrected chi connectivity index (χ0v) is 17.6. The van der Waals surface area contributed by atoms with Crippen molar-refractivity contribution in [3.8, 4) is 11.5 Å². The van der Waals surface area contributed by atoms with E-state index in [0.717, 1.165) is 26.8 Å². The summed E-state index contributed by atoms with van der Waals surface area (Å²) in [7, 11) is 0. The standard InChI is InChI=1S/C20H21N3O3S2/c1-11-12(2)28-20-18(11)19(22-13(3)23-20)27-10-17(24)21-8-14-9-25-15-6-4-5-7-16(15)26-14/h4-7,14H,8-10H2,1-3H3,(H,21,24)/t14-/m1/s1. The molecule has 1 atom stereocenters. The number of thioether (sulfide) groups is 1. The van der Waals surface area contributed by atoms with Crippen molar-refractivity contribution in [2.75, 3.05) is 18.9 Å².